The fourth-order valence-corrected chi connectivity index (χ4v) is 14.2. The summed E-state index contributed by atoms with van der Waals surface area (Å²) < 4.78 is 81.2. The molecule has 4 saturated heterocycles. The van der Waals surface area contributed by atoms with Gasteiger partial charge in [0.2, 0.25) is 0 Å². The minimum Gasteiger partial charge on any atom is -0.461 e. The molecular formula is C57H49ClF4N10O8S. The molecule has 0 bridgehead atoms. The number of carbonyl (C=O) groups is 3. The molecule has 18 nitrogen and oxygen atoms in total. The van der Waals surface area contributed by atoms with Crippen molar-refractivity contribution in [3.63, 3.8) is 0 Å². The first kappa shape index (κ1) is 52.5. The number of carbonyl (C=O) groups excluding carboxylic acids is 3. The quantitative estimate of drug-likeness (QED) is 0.0661. The van der Waals surface area contributed by atoms with Crippen LogP contribution in [0.5, 0.6) is 6.01 Å². The van der Waals surface area contributed by atoms with Gasteiger partial charge in [-0.1, -0.05) is 31.2 Å². The molecule has 81 heavy (non-hydrogen) atoms. The Kier molecular flexibility index (Phi) is 12.4. The zero-order chi connectivity index (χ0) is 56.6. The van der Waals surface area contributed by atoms with Crippen LogP contribution in [0.2, 0.25) is 5.02 Å². The second-order valence-electron chi connectivity index (χ2n) is 22.0. The smallest absolute Gasteiger partial charge is 0.412 e. The molecule has 0 radical (unpaired) electrons. The molecule has 10 heterocycles. The van der Waals surface area contributed by atoms with Crippen LogP contribution in [0.25, 0.3) is 54.4 Å². The third-order valence-electron chi connectivity index (χ3n) is 17.2. The highest BCUT2D eigenvalue weighted by Gasteiger charge is 2.51. The summed E-state index contributed by atoms with van der Waals surface area (Å²) in [6, 6.07) is 11.7. The van der Waals surface area contributed by atoms with E-state index in [9.17, 15) is 33.9 Å². The minimum absolute atomic E-state index is 0.00490. The number of hydrogen-bond donors (Lipinski definition) is 3. The van der Waals surface area contributed by atoms with Crippen LogP contribution < -0.4 is 26.2 Å². The van der Waals surface area contributed by atoms with Gasteiger partial charge in [0.1, 0.15) is 60.0 Å². The molecule has 13 rings (SSSR count). The van der Waals surface area contributed by atoms with Crippen LogP contribution in [0.3, 0.4) is 0 Å². The Morgan fingerprint density at radius 1 is 1.06 bits per heavy atom. The van der Waals surface area contributed by atoms with Gasteiger partial charge < -0.3 is 39.4 Å². The number of alkyl halides is 1. The maximum absolute atomic E-state index is 17.4. The Hall–Kier alpha value is -7.91. The molecule has 3 atom stereocenters. The molecule has 6 aliphatic rings. The summed E-state index contributed by atoms with van der Waals surface area (Å²) in [4.78, 5) is 72.7. The van der Waals surface area contributed by atoms with Gasteiger partial charge in [0.05, 0.1) is 55.5 Å². The third-order valence-corrected chi connectivity index (χ3v) is 18.6. The second kappa shape index (κ2) is 19.1. The number of aliphatic hydroxyl groups is 1. The Bertz CT molecular complexity index is 4060. The number of fused-ring (bicyclic) bond motifs is 8. The largest absolute Gasteiger partial charge is 0.461 e. The Balaban J connectivity index is 0.678. The van der Waals surface area contributed by atoms with E-state index in [1.54, 1.807) is 30.0 Å². The van der Waals surface area contributed by atoms with Gasteiger partial charge in [-0.05, 0) is 74.5 Å². The van der Waals surface area contributed by atoms with Crippen LogP contribution in [0.15, 0.2) is 59.4 Å². The maximum atomic E-state index is 17.4. The number of esters is 1. The first-order chi connectivity index (χ1) is 38.8. The van der Waals surface area contributed by atoms with Crippen molar-refractivity contribution in [1.82, 2.24) is 29.3 Å². The normalized spacial score (nSPS) is 21.6. The number of anilines is 3. The Labute approximate surface area is 467 Å². The van der Waals surface area contributed by atoms with E-state index in [-0.39, 0.29) is 120 Å². The van der Waals surface area contributed by atoms with Gasteiger partial charge >= 0.3 is 18.1 Å². The van der Waals surface area contributed by atoms with Crippen molar-refractivity contribution in [2.24, 2.45) is 5.41 Å². The number of hydrogen-bond acceptors (Lipinski definition) is 16. The predicted molar refractivity (Wildman–Crippen MR) is 292 cm³/mol. The van der Waals surface area contributed by atoms with Crippen LogP contribution in [0.4, 0.5) is 38.9 Å². The van der Waals surface area contributed by atoms with Crippen LogP contribution >= 0.6 is 22.9 Å². The van der Waals surface area contributed by atoms with E-state index in [2.05, 4.69) is 26.8 Å². The number of nitrogens with two attached hydrogens (primary N) is 1. The molecule has 416 valence electrons. The Morgan fingerprint density at radius 2 is 1.85 bits per heavy atom. The number of nitrogen functional groups attached to an aromatic ring is 1. The summed E-state index contributed by atoms with van der Waals surface area (Å²) in [6.45, 7) is 7.55. The third kappa shape index (κ3) is 8.34. The number of aromatic nitrogens is 4. The highest BCUT2D eigenvalue weighted by Crippen LogP contribution is 2.49. The van der Waals surface area contributed by atoms with E-state index >= 15 is 13.2 Å². The minimum atomic E-state index is -2.01. The zero-order valence-corrected chi connectivity index (χ0v) is 45.0. The van der Waals surface area contributed by atoms with E-state index in [0.29, 0.717) is 73.7 Å². The van der Waals surface area contributed by atoms with E-state index in [4.69, 9.17) is 36.5 Å². The lowest BCUT2D eigenvalue weighted by Gasteiger charge is -2.54. The topological polar surface area (TPSA) is 231 Å². The summed E-state index contributed by atoms with van der Waals surface area (Å²) in [6.07, 6.45) is 0.947. The number of pyridine rings is 2. The van der Waals surface area contributed by atoms with Gasteiger partial charge in [0.15, 0.2) is 11.4 Å². The number of piperidine rings is 1. The SMILES string of the molecule is C=C(COC(=O)Nc1cc2cc3c(nc2cc1F)-c1cc2c(c(=O)n1C3)COC(=O)[C@]2(O)CC)C(=O)N1CCC2(CC1)CN(c1nc(OC[C@@]34CCCN3C[C@H](F)C4)nc3c(F)c(-c4ccc(F)c5sc(N)c(C#N)c45)c(Cl)cc13)C2. The van der Waals surface area contributed by atoms with Crippen molar-refractivity contribution in [2.45, 2.75) is 75.9 Å². The molecule has 3 aromatic carbocycles. The second-order valence-corrected chi connectivity index (χ2v) is 23.4. The van der Waals surface area contributed by atoms with Crippen LogP contribution in [-0.2, 0) is 37.8 Å². The van der Waals surface area contributed by atoms with Crippen LogP contribution in [0.1, 0.15) is 67.7 Å². The van der Waals surface area contributed by atoms with Crippen molar-refractivity contribution in [3.05, 3.63) is 110 Å². The number of benzene rings is 3. The number of likely N-dealkylation sites (tertiary alicyclic amines) is 1. The van der Waals surface area contributed by atoms with Crippen LogP contribution in [-0.4, -0.2) is 117 Å². The number of nitriles is 1. The molecule has 0 aliphatic carbocycles. The highest BCUT2D eigenvalue weighted by molar-refractivity contribution is 7.23. The Morgan fingerprint density at radius 3 is 2.62 bits per heavy atom. The van der Waals surface area contributed by atoms with Crippen molar-refractivity contribution in [1.29, 1.82) is 5.26 Å². The number of thiophene rings is 1. The van der Waals surface area contributed by atoms with Crippen molar-refractivity contribution >= 4 is 89.3 Å². The summed E-state index contributed by atoms with van der Waals surface area (Å²) >= 11 is 7.83. The number of ether oxygens (including phenoxy) is 3. The molecule has 4 fully saturated rings. The van der Waals surface area contributed by atoms with Gasteiger partial charge in [-0.3, -0.25) is 19.8 Å². The lowest BCUT2D eigenvalue weighted by atomic mass is 9.72. The fourth-order valence-electron chi connectivity index (χ4n) is 13.0. The highest BCUT2D eigenvalue weighted by atomic mass is 35.5. The summed E-state index contributed by atoms with van der Waals surface area (Å²) in [5, 5.41) is 24.5. The average Bonchev–Trinajstić information content (AvgIpc) is 4.41. The van der Waals surface area contributed by atoms with Gasteiger partial charge in [-0.15, -0.1) is 11.3 Å². The van der Waals surface area contributed by atoms with E-state index in [1.165, 1.54) is 22.8 Å². The number of halogens is 5. The van der Waals surface area contributed by atoms with Gasteiger partial charge in [0.25, 0.3) is 11.5 Å². The average molecular weight is 1150 g/mol. The number of rotatable bonds is 10. The number of nitrogens with zero attached hydrogens (tertiary/aromatic N) is 8. The molecule has 0 unspecified atom stereocenters. The van der Waals surface area contributed by atoms with Crippen LogP contribution in [0, 0.1) is 34.2 Å². The molecule has 1 spiro atoms. The lowest BCUT2D eigenvalue weighted by Crippen LogP contribution is -2.61. The lowest BCUT2D eigenvalue weighted by molar-refractivity contribution is -0.172. The molecule has 0 saturated carbocycles. The number of cyclic esters (lactones) is 1. The number of nitrogens with one attached hydrogen (secondary N) is 1. The summed E-state index contributed by atoms with van der Waals surface area (Å²) in [7, 11) is 0. The molecule has 2 amide bonds. The molecule has 6 aliphatic heterocycles. The molecular weight excluding hydrogens is 1100 g/mol. The van der Waals surface area contributed by atoms with E-state index < -0.39 is 64.9 Å². The fraction of sp³-hybridized carbons (Fsp3) is 0.368. The standard InChI is InChI=1S/C57H49ClF4N10O8S/c1-3-57(77)35-16-41-45-29(20-72(41)51(74)34(35)23-78-52(57)75)13-28-14-40(38(61)17-39(28)65-45)66-54(76)79-22-27(2)50(73)69-11-8-55(9-12-69)24-70(25-55)49-32-15-36(58)43(31-5-6-37(60)47-42(31)33(19-63)48(64)81-47)44(62)46(32)67-53(68-49)80-26-56-7-4-10-71(56)21-30(59)18-56/h5-6,13-17,30,77H,2-4,7-12,18,20-26,64H2,1H3,(H,66,76)/t30-,56+,57+/m1/s1. The van der Waals surface area contributed by atoms with Crippen molar-refractivity contribution in [3.8, 4) is 34.6 Å². The van der Waals surface area contributed by atoms with Crippen molar-refractivity contribution in [2.75, 3.05) is 68.4 Å². The first-order valence-corrected chi connectivity index (χ1v) is 27.6. The van der Waals surface area contributed by atoms with Crippen molar-refractivity contribution < 1.29 is 51.3 Å². The molecule has 4 aromatic heterocycles. The van der Waals surface area contributed by atoms with Gasteiger partial charge in [-0.2, -0.15) is 15.2 Å². The van der Waals surface area contributed by atoms with E-state index in [0.717, 1.165) is 36.8 Å². The first-order valence-electron chi connectivity index (χ1n) is 26.4. The molecule has 24 heteroatoms. The predicted octanol–water partition coefficient (Wildman–Crippen LogP) is 8.62. The molecule has 4 N–H and O–H groups in total. The monoisotopic (exact) mass is 1140 g/mol. The number of amides is 2. The summed E-state index contributed by atoms with van der Waals surface area (Å²) in [5.41, 5.74) is 4.39. The van der Waals surface area contributed by atoms with Gasteiger partial charge in [0, 0.05) is 89.0 Å². The van der Waals surface area contributed by atoms with Gasteiger partial charge in [-0.25, -0.2) is 32.1 Å². The van der Waals surface area contributed by atoms with E-state index in [1.807, 2.05) is 11.0 Å². The maximum Gasteiger partial charge on any atom is 0.412 e. The summed E-state index contributed by atoms with van der Waals surface area (Å²) in [5.74, 6) is -3.24. The zero-order valence-electron chi connectivity index (χ0n) is 43.4. The molecule has 7 aromatic rings.